The van der Waals surface area contributed by atoms with Crippen LogP contribution in [-0.2, 0) is 33.3 Å². The van der Waals surface area contributed by atoms with E-state index in [0.29, 0.717) is 19.3 Å². The summed E-state index contributed by atoms with van der Waals surface area (Å²) >= 11 is 0. The Morgan fingerprint density at radius 2 is 2.14 bits per heavy atom. The Bertz CT molecular complexity index is 500. The molecule has 3 aliphatic rings. The maximum atomic E-state index is 11.8. The molecule has 0 aliphatic carbocycles. The summed E-state index contributed by atoms with van der Waals surface area (Å²) in [5.41, 5.74) is 0. The van der Waals surface area contributed by atoms with Crippen LogP contribution in [0, 0.1) is 5.92 Å². The van der Waals surface area contributed by atoms with Gasteiger partial charge < -0.3 is 18.9 Å². The van der Waals surface area contributed by atoms with Gasteiger partial charge in [0.1, 0.15) is 6.10 Å². The molecule has 3 rings (SSSR count). The minimum atomic E-state index is -0.487. The molecule has 0 aromatic rings. The second-order valence-corrected chi connectivity index (χ2v) is 5.67. The molecule has 2 bridgehead atoms. The maximum absolute atomic E-state index is 11.8. The Balaban J connectivity index is 1.37. The SMILES string of the molecule is C=CC(=O)OCCCCC(=O)OC1C2CC3C(=O)OC1C3O2. The van der Waals surface area contributed by atoms with Crippen LogP contribution >= 0.6 is 0 Å². The van der Waals surface area contributed by atoms with Crippen LogP contribution in [0.15, 0.2) is 12.7 Å². The molecule has 7 heteroatoms. The van der Waals surface area contributed by atoms with Crippen molar-refractivity contribution >= 4 is 17.9 Å². The first-order chi connectivity index (χ1) is 10.6. The highest BCUT2D eigenvalue weighted by atomic mass is 16.7. The van der Waals surface area contributed by atoms with Crippen LogP contribution in [0.4, 0.5) is 0 Å². The maximum Gasteiger partial charge on any atom is 0.330 e. The highest BCUT2D eigenvalue weighted by Gasteiger charge is 2.65. The zero-order valence-electron chi connectivity index (χ0n) is 12.1. The van der Waals surface area contributed by atoms with Gasteiger partial charge in [0.25, 0.3) is 0 Å². The van der Waals surface area contributed by atoms with Crippen LogP contribution in [-0.4, -0.2) is 48.9 Å². The van der Waals surface area contributed by atoms with E-state index in [-0.39, 0.29) is 43.1 Å². The topological polar surface area (TPSA) is 88.1 Å². The summed E-state index contributed by atoms with van der Waals surface area (Å²) in [6.45, 7) is 3.54. The quantitative estimate of drug-likeness (QED) is 0.293. The number of hydrogen-bond donors (Lipinski definition) is 0. The first kappa shape index (κ1) is 15.0. The molecule has 0 N–H and O–H groups in total. The number of rotatable bonds is 7. The van der Waals surface area contributed by atoms with Crippen LogP contribution in [0.1, 0.15) is 25.7 Å². The van der Waals surface area contributed by atoms with E-state index in [1.165, 1.54) is 0 Å². The predicted molar refractivity (Wildman–Crippen MR) is 71.5 cm³/mol. The number of esters is 3. The van der Waals surface area contributed by atoms with Crippen molar-refractivity contribution in [3.8, 4) is 0 Å². The smallest absolute Gasteiger partial charge is 0.330 e. The molecule has 3 heterocycles. The summed E-state index contributed by atoms with van der Waals surface area (Å²) in [4.78, 5) is 34.2. The van der Waals surface area contributed by atoms with Crippen molar-refractivity contribution in [3.05, 3.63) is 12.7 Å². The Hall–Kier alpha value is -1.89. The largest absolute Gasteiger partial charge is 0.463 e. The van der Waals surface area contributed by atoms with E-state index in [9.17, 15) is 14.4 Å². The number of hydrogen-bond acceptors (Lipinski definition) is 7. The molecule has 120 valence electrons. The standard InChI is InChI=1S/C15H18O7/c1-2-10(16)19-6-4-3-5-11(17)21-13-9-7-8-12(20-9)14(13)22-15(8)18/h2,8-9,12-14H,1,3-7H2. The average Bonchev–Trinajstić information content (AvgIpc) is 3.11. The van der Waals surface area contributed by atoms with E-state index in [2.05, 4.69) is 6.58 Å². The third-order valence-electron chi connectivity index (χ3n) is 4.24. The van der Waals surface area contributed by atoms with E-state index >= 15 is 0 Å². The van der Waals surface area contributed by atoms with Crippen LogP contribution < -0.4 is 0 Å². The lowest BCUT2D eigenvalue weighted by Crippen LogP contribution is -2.40. The number of unbranched alkanes of at least 4 members (excludes halogenated alkanes) is 1. The number of fused-ring (bicyclic) bond motifs is 1. The molecule has 7 nitrogen and oxygen atoms in total. The molecule has 0 radical (unpaired) electrons. The summed E-state index contributed by atoms with van der Waals surface area (Å²) in [6, 6.07) is 0. The van der Waals surface area contributed by atoms with Crippen molar-refractivity contribution in [1.82, 2.24) is 0 Å². The summed E-state index contributed by atoms with van der Waals surface area (Å²) in [7, 11) is 0. The van der Waals surface area contributed by atoms with Gasteiger partial charge in [0.2, 0.25) is 0 Å². The lowest BCUT2D eigenvalue weighted by Gasteiger charge is -2.22. The summed E-state index contributed by atoms with van der Waals surface area (Å²) < 4.78 is 21.1. The fraction of sp³-hybridized carbons (Fsp3) is 0.667. The third kappa shape index (κ3) is 2.72. The van der Waals surface area contributed by atoms with Gasteiger partial charge in [-0.05, 0) is 19.3 Å². The molecule has 5 atom stereocenters. The normalized spacial score (nSPS) is 34.4. The predicted octanol–water partition coefficient (Wildman–Crippen LogP) is 0.510. The lowest BCUT2D eigenvalue weighted by molar-refractivity contribution is -0.160. The van der Waals surface area contributed by atoms with Gasteiger partial charge in [-0.15, -0.1) is 0 Å². The molecule has 0 aromatic carbocycles. The van der Waals surface area contributed by atoms with Gasteiger partial charge in [-0.3, -0.25) is 9.59 Å². The first-order valence-electron chi connectivity index (χ1n) is 7.45. The second-order valence-electron chi connectivity index (χ2n) is 5.67. The first-order valence-corrected chi connectivity index (χ1v) is 7.45. The van der Waals surface area contributed by atoms with E-state index in [1.807, 2.05) is 0 Å². The fourth-order valence-corrected chi connectivity index (χ4v) is 3.20. The Morgan fingerprint density at radius 3 is 2.91 bits per heavy atom. The van der Waals surface area contributed by atoms with Gasteiger partial charge in [0, 0.05) is 12.5 Å². The molecular weight excluding hydrogens is 292 g/mol. The fourth-order valence-electron chi connectivity index (χ4n) is 3.20. The van der Waals surface area contributed by atoms with Gasteiger partial charge in [-0.25, -0.2) is 4.79 Å². The molecule has 0 spiro atoms. The van der Waals surface area contributed by atoms with Crippen molar-refractivity contribution < 1.29 is 33.3 Å². The zero-order chi connectivity index (χ0) is 15.7. The highest BCUT2D eigenvalue weighted by Crippen LogP contribution is 2.47. The number of carbonyl (C=O) groups excluding carboxylic acids is 3. The van der Waals surface area contributed by atoms with Crippen LogP contribution in [0.2, 0.25) is 0 Å². The van der Waals surface area contributed by atoms with Gasteiger partial charge >= 0.3 is 17.9 Å². The molecule has 3 saturated heterocycles. The average molecular weight is 310 g/mol. The van der Waals surface area contributed by atoms with E-state index in [4.69, 9.17) is 18.9 Å². The van der Waals surface area contributed by atoms with Crippen molar-refractivity contribution in [3.63, 3.8) is 0 Å². The third-order valence-corrected chi connectivity index (χ3v) is 4.24. The lowest BCUT2D eigenvalue weighted by atomic mass is 9.88. The molecule has 3 fully saturated rings. The highest BCUT2D eigenvalue weighted by molar-refractivity contribution is 5.81. The van der Waals surface area contributed by atoms with Gasteiger partial charge in [0.05, 0.1) is 18.6 Å². The van der Waals surface area contributed by atoms with Crippen LogP contribution in [0.25, 0.3) is 0 Å². The molecule has 0 aromatic heterocycles. The summed E-state index contributed by atoms with van der Waals surface area (Å²) in [5, 5.41) is 0. The van der Waals surface area contributed by atoms with E-state index in [1.54, 1.807) is 0 Å². The Kier molecular flexibility index (Phi) is 4.15. The monoisotopic (exact) mass is 310 g/mol. The molecule has 3 aliphatic heterocycles. The van der Waals surface area contributed by atoms with Crippen molar-refractivity contribution in [2.24, 2.45) is 5.92 Å². The number of carbonyl (C=O) groups is 3. The number of ether oxygens (including phenoxy) is 4. The molecule has 0 amide bonds. The Morgan fingerprint density at radius 1 is 1.32 bits per heavy atom. The minimum Gasteiger partial charge on any atom is -0.463 e. The van der Waals surface area contributed by atoms with Crippen molar-refractivity contribution in [2.75, 3.05) is 6.61 Å². The molecular formula is C15H18O7. The molecule has 5 unspecified atom stereocenters. The minimum absolute atomic E-state index is 0.190. The zero-order valence-corrected chi connectivity index (χ0v) is 12.1. The molecule has 0 saturated carbocycles. The summed E-state index contributed by atoms with van der Waals surface area (Å²) in [6.07, 6.45) is 1.59. The van der Waals surface area contributed by atoms with Gasteiger partial charge in [-0.1, -0.05) is 6.58 Å². The second kappa shape index (κ2) is 6.08. The Labute approximate surface area is 127 Å². The van der Waals surface area contributed by atoms with E-state index < -0.39 is 18.2 Å². The van der Waals surface area contributed by atoms with Crippen molar-refractivity contribution in [1.29, 1.82) is 0 Å². The van der Waals surface area contributed by atoms with Crippen LogP contribution in [0.5, 0.6) is 0 Å². The summed E-state index contributed by atoms with van der Waals surface area (Å²) in [5.74, 6) is -1.26. The van der Waals surface area contributed by atoms with Gasteiger partial charge in [-0.2, -0.15) is 0 Å². The van der Waals surface area contributed by atoms with Crippen LogP contribution in [0.3, 0.4) is 0 Å². The molecule has 22 heavy (non-hydrogen) atoms. The van der Waals surface area contributed by atoms with E-state index in [0.717, 1.165) is 6.08 Å². The van der Waals surface area contributed by atoms with Gasteiger partial charge in [0.15, 0.2) is 12.2 Å². The van der Waals surface area contributed by atoms with Crippen molar-refractivity contribution in [2.45, 2.75) is 50.1 Å².